The molecule has 0 amide bonds. The minimum Gasteiger partial charge on any atom is -0.463 e. The molecular weight excluding hydrogens is 392 g/mol. The fourth-order valence-electron chi connectivity index (χ4n) is 3.65. The van der Waals surface area contributed by atoms with Crippen LogP contribution in [-0.2, 0) is 0 Å². The molecule has 0 saturated carbocycles. The van der Waals surface area contributed by atoms with E-state index in [0.29, 0.717) is 41.3 Å². The van der Waals surface area contributed by atoms with Crippen molar-refractivity contribution in [3.8, 4) is 11.5 Å². The molecule has 4 aromatic rings. The number of aromatic nitrogens is 5. The quantitative estimate of drug-likeness (QED) is 0.510. The van der Waals surface area contributed by atoms with E-state index in [2.05, 4.69) is 30.5 Å². The average molecular weight is 409 g/mol. The lowest BCUT2D eigenvalue weighted by molar-refractivity contribution is 0.552. The Morgan fingerprint density at radius 2 is 2.10 bits per heavy atom. The first-order valence-electron chi connectivity index (χ1n) is 9.44. The summed E-state index contributed by atoms with van der Waals surface area (Å²) in [5.74, 6) is 0.735. The lowest BCUT2D eigenvalue weighted by atomic mass is 10.0. The van der Waals surface area contributed by atoms with E-state index in [1.807, 2.05) is 11.0 Å². The van der Waals surface area contributed by atoms with Gasteiger partial charge >= 0.3 is 0 Å². The van der Waals surface area contributed by atoms with Gasteiger partial charge in [-0.2, -0.15) is 10.1 Å². The highest BCUT2D eigenvalue weighted by Gasteiger charge is 2.30. The summed E-state index contributed by atoms with van der Waals surface area (Å²) in [6.45, 7) is 0.663. The van der Waals surface area contributed by atoms with Gasteiger partial charge in [0.15, 0.2) is 11.6 Å². The third-order valence-corrected chi connectivity index (χ3v) is 4.99. The molecule has 0 radical (unpaired) electrons. The Morgan fingerprint density at radius 3 is 2.93 bits per heavy atom. The van der Waals surface area contributed by atoms with Crippen LogP contribution in [0.15, 0.2) is 53.4 Å². The number of halogens is 2. The topological polar surface area (TPSA) is 95.8 Å². The van der Waals surface area contributed by atoms with E-state index in [1.165, 1.54) is 18.5 Å². The summed E-state index contributed by atoms with van der Waals surface area (Å²) >= 11 is 0. The van der Waals surface area contributed by atoms with Crippen LogP contribution in [0.25, 0.3) is 11.5 Å². The number of hydrogen-bond donors (Lipinski definition) is 2. The molecule has 1 aliphatic heterocycles. The summed E-state index contributed by atoms with van der Waals surface area (Å²) in [6.07, 6.45) is 4.55. The number of hydrogen-bond acceptors (Lipinski definition) is 7. The van der Waals surface area contributed by atoms with Crippen LogP contribution < -0.4 is 10.2 Å². The van der Waals surface area contributed by atoms with Crippen molar-refractivity contribution in [1.82, 2.24) is 25.1 Å². The Balaban J connectivity index is 1.38. The van der Waals surface area contributed by atoms with Crippen molar-refractivity contribution in [3.63, 3.8) is 0 Å². The van der Waals surface area contributed by atoms with Crippen LogP contribution in [0, 0.1) is 11.6 Å². The van der Waals surface area contributed by atoms with Gasteiger partial charge in [-0.25, -0.2) is 18.7 Å². The van der Waals surface area contributed by atoms with Gasteiger partial charge in [0.2, 0.25) is 11.9 Å². The highest BCUT2D eigenvalue weighted by molar-refractivity contribution is 5.60. The lowest BCUT2D eigenvalue weighted by Gasteiger charge is -2.25. The van der Waals surface area contributed by atoms with E-state index in [9.17, 15) is 8.78 Å². The van der Waals surface area contributed by atoms with Gasteiger partial charge in [0, 0.05) is 24.2 Å². The molecule has 1 atom stereocenters. The van der Waals surface area contributed by atoms with E-state index in [1.54, 1.807) is 18.4 Å². The number of benzene rings is 1. The Labute approximate surface area is 170 Å². The van der Waals surface area contributed by atoms with Crippen LogP contribution in [0.2, 0.25) is 0 Å². The van der Waals surface area contributed by atoms with Crippen LogP contribution in [0.1, 0.15) is 24.4 Å². The Kier molecular flexibility index (Phi) is 4.58. The van der Waals surface area contributed by atoms with Crippen LogP contribution in [0.3, 0.4) is 0 Å². The third-order valence-electron chi connectivity index (χ3n) is 4.99. The van der Waals surface area contributed by atoms with Gasteiger partial charge in [-0.1, -0.05) is 6.07 Å². The molecule has 1 aliphatic rings. The van der Waals surface area contributed by atoms with E-state index in [4.69, 9.17) is 4.42 Å². The van der Waals surface area contributed by atoms with Gasteiger partial charge in [-0.3, -0.25) is 5.10 Å². The maximum Gasteiger partial charge on any atom is 0.233 e. The standard InChI is InChI=1S/C20H17F2N7O/c21-12-5-6-13(14(22)9-12)16-3-1-7-29(16)20-24-11-23-19(26-20)25-18-10-15(27-28-18)17-4-2-8-30-17/h2,4-6,8-11,16H,1,3,7H2,(H2,23,24,25,26,27,28). The first-order valence-corrected chi connectivity index (χ1v) is 9.44. The van der Waals surface area contributed by atoms with Gasteiger partial charge in [0.05, 0.1) is 12.3 Å². The van der Waals surface area contributed by atoms with Crippen molar-refractivity contribution in [1.29, 1.82) is 0 Å². The van der Waals surface area contributed by atoms with Crippen LogP contribution in [-0.4, -0.2) is 31.7 Å². The van der Waals surface area contributed by atoms with E-state index in [-0.39, 0.29) is 6.04 Å². The smallest absolute Gasteiger partial charge is 0.233 e. The zero-order chi connectivity index (χ0) is 20.5. The van der Waals surface area contributed by atoms with Crippen molar-refractivity contribution in [2.24, 2.45) is 0 Å². The van der Waals surface area contributed by atoms with Crippen LogP contribution >= 0.6 is 0 Å². The highest BCUT2D eigenvalue weighted by Crippen LogP contribution is 2.36. The van der Waals surface area contributed by atoms with E-state index >= 15 is 0 Å². The summed E-state index contributed by atoms with van der Waals surface area (Å²) in [5.41, 5.74) is 1.14. The molecule has 2 N–H and O–H groups in total. The molecule has 30 heavy (non-hydrogen) atoms. The molecule has 1 aromatic carbocycles. The predicted octanol–water partition coefficient (Wildman–Crippen LogP) is 4.22. The zero-order valence-corrected chi connectivity index (χ0v) is 15.7. The molecule has 5 rings (SSSR count). The Hall–Kier alpha value is -3.82. The molecule has 0 spiro atoms. The lowest BCUT2D eigenvalue weighted by Crippen LogP contribution is -2.25. The van der Waals surface area contributed by atoms with Gasteiger partial charge in [-0.05, 0) is 31.0 Å². The van der Waals surface area contributed by atoms with E-state index in [0.717, 1.165) is 18.9 Å². The number of anilines is 3. The maximum atomic E-state index is 14.3. The summed E-state index contributed by atoms with van der Waals surface area (Å²) in [6, 6.07) is 8.77. The van der Waals surface area contributed by atoms with E-state index < -0.39 is 11.6 Å². The Bertz CT molecular complexity index is 1160. The second-order valence-electron chi connectivity index (χ2n) is 6.90. The minimum absolute atomic E-state index is 0.267. The number of H-pyrrole nitrogens is 1. The second kappa shape index (κ2) is 7.54. The first-order chi connectivity index (χ1) is 14.7. The molecular formula is C20H17F2N7O. The average Bonchev–Trinajstić information content (AvgIpc) is 3.50. The van der Waals surface area contributed by atoms with Gasteiger partial charge in [0.25, 0.3) is 0 Å². The molecule has 3 aromatic heterocycles. The molecule has 4 heterocycles. The molecule has 1 saturated heterocycles. The molecule has 152 valence electrons. The third kappa shape index (κ3) is 3.47. The highest BCUT2D eigenvalue weighted by atomic mass is 19.1. The maximum absolute atomic E-state index is 14.3. The number of nitrogens with one attached hydrogen (secondary N) is 2. The van der Waals surface area contributed by atoms with Crippen LogP contribution in [0.4, 0.5) is 26.5 Å². The van der Waals surface area contributed by atoms with Crippen LogP contribution in [0.5, 0.6) is 0 Å². The molecule has 1 fully saturated rings. The van der Waals surface area contributed by atoms with Crippen molar-refractivity contribution in [2.45, 2.75) is 18.9 Å². The number of aromatic amines is 1. The molecule has 10 heteroatoms. The molecule has 8 nitrogen and oxygen atoms in total. The van der Waals surface area contributed by atoms with Gasteiger partial charge in [-0.15, -0.1) is 0 Å². The first kappa shape index (κ1) is 18.2. The van der Waals surface area contributed by atoms with Crippen molar-refractivity contribution in [2.75, 3.05) is 16.8 Å². The fourth-order valence-corrected chi connectivity index (χ4v) is 3.65. The number of rotatable bonds is 5. The van der Waals surface area contributed by atoms with Crippen molar-refractivity contribution < 1.29 is 13.2 Å². The van der Waals surface area contributed by atoms with Gasteiger partial charge < -0.3 is 14.6 Å². The van der Waals surface area contributed by atoms with Gasteiger partial charge in [0.1, 0.15) is 23.7 Å². The summed E-state index contributed by atoms with van der Waals surface area (Å²) in [5, 5.41) is 10.1. The normalized spacial score (nSPS) is 16.2. The number of nitrogens with zero attached hydrogens (tertiary/aromatic N) is 5. The molecule has 1 unspecified atom stereocenters. The summed E-state index contributed by atoms with van der Waals surface area (Å²) in [7, 11) is 0. The number of furan rings is 1. The largest absolute Gasteiger partial charge is 0.463 e. The Morgan fingerprint density at radius 1 is 1.17 bits per heavy atom. The second-order valence-corrected chi connectivity index (χ2v) is 6.90. The fraction of sp³-hybridized carbons (Fsp3) is 0.200. The van der Waals surface area contributed by atoms with Crippen molar-refractivity contribution in [3.05, 3.63) is 66.2 Å². The summed E-state index contributed by atoms with van der Waals surface area (Å²) < 4.78 is 33.0. The zero-order valence-electron chi connectivity index (χ0n) is 15.7. The monoisotopic (exact) mass is 409 g/mol. The molecule has 0 aliphatic carbocycles. The van der Waals surface area contributed by atoms with Crippen molar-refractivity contribution >= 4 is 17.7 Å². The SMILES string of the molecule is Fc1ccc(C2CCCN2c2ncnc(Nc3cc(-c4ccco4)[nH]n3)n2)c(F)c1. The predicted molar refractivity (Wildman–Crippen MR) is 105 cm³/mol. The molecule has 0 bridgehead atoms. The summed E-state index contributed by atoms with van der Waals surface area (Å²) in [4.78, 5) is 14.8. The minimum atomic E-state index is -0.597.